The van der Waals surface area contributed by atoms with E-state index in [1.807, 2.05) is 0 Å². The third kappa shape index (κ3) is 5.02. The summed E-state index contributed by atoms with van der Waals surface area (Å²) >= 11 is 7.00. The van der Waals surface area contributed by atoms with Crippen LogP contribution in [0.2, 0.25) is 5.02 Å². The van der Waals surface area contributed by atoms with Gasteiger partial charge in [-0.15, -0.1) is 11.8 Å². The number of rotatable bonds is 6. The summed E-state index contributed by atoms with van der Waals surface area (Å²) in [5, 5.41) is 8.43. The third-order valence-corrected chi connectivity index (χ3v) is 5.85. The molecule has 1 unspecified atom stereocenters. The van der Waals surface area contributed by atoms with Gasteiger partial charge in [-0.25, -0.2) is 13.8 Å². The summed E-state index contributed by atoms with van der Waals surface area (Å²) in [5.74, 6) is -2.15. The second-order valence-corrected chi connectivity index (χ2v) is 7.77. The Morgan fingerprint density at radius 1 is 1.28 bits per heavy atom. The van der Waals surface area contributed by atoms with Crippen molar-refractivity contribution in [3.8, 4) is 5.69 Å². The van der Waals surface area contributed by atoms with E-state index < -0.39 is 45.8 Å². The number of benzene rings is 1. The Balaban J connectivity index is 2.65. The number of aromatic nitrogens is 2. The van der Waals surface area contributed by atoms with Gasteiger partial charge < -0.3 is 5.11 Å². The highest BCUT2D eigenvalue weighted by molar-refractivity contribution is 8.00. The highest BCUT2D eigenvalue weighted by Gasteiger charge is 2.35. The highest BCUT2D eigenvalue weighted by Crippen LogP contribution is 2.35. The van der Waals surface area contributed by atoms with Gasteiger partial charge in [0, 0.05) is 23.3 Å². The lowest BCUT2D eigenvalue weighted by Crippen LogP contribution is -2.41. The molecule has 1 aromatic carbocycles. The molecule has 0 fully saturated rings. The van der Waals surface area contributed by atoms with Crippen molar-refractivity contribution >= 4 is 29.3 Å². The van der Waals surface area contributed by atoms with Crippen molar-refractivity contribution in [2.75, 3.05) is 0 Å². The van der Waals surface area contributed by atoms with E-state index in [1.165, 1.54) is 0 Å². The van der Waals surface area contributed by atoms with Gasteiger partial charge in [-0.1, -0.05) is 18.5 Å². The topological polar surface area (TPSA) is 81.3 Å². The number of nitrogens with zero attached hydrogens (tertiary/aromatic N) is 2. The molecule has 29 heavy (non-hydrogen) atoms. The van der Waals surface area contributed by atoms with Crippen LogP contribution in [0.25, 0.3) is 5.69 Å². The number of carbonyl (C=O) groups is 1. The van der Waals surface area contributed by atoms with Gasteiger partial charge in [-0.3, -0.25) is 14.2 Å². The molecule has 2 aromatic rings. The van der Waals surface area contributed by atoms with Crippen molar-refractivity contribution in [3.63, 3.8) is 0 Å². The van der Waals surface area contributed by atoms with Crippen LogP contribution >= 0.6 is 23.4 Å². The van der Waals surface area contributed by atoms with E-state index in [4.69, 9.17) is 16.7 Å². The van der Waals surface area contributed by atoms with Crippen LogP contribution in [0.1, 0.15) is 25.5 Å². The minimum atomic E-state index is -4.95. The van der Waals surface area contributed by atoms with Crippen molar-refractivity contribution in [2.45, 2.75) is 36.1 Å². The predicted octanol–water partition coefficient (Wildman–Crippen LogP) is 3.69. The highest BCUT2D eigenvalue weighted by atomic mass is 35.5. The van der Waals surface area contributed by atoms with Crippen molar-refractivity contribution in [1.82, 2.24) is 9.13 Å². The molecule has 158 valence electrons. The van der Waals surface area contributed by atoms with Gasteiger partial charge in [-0.05, 0) is 18.6 Å². The van der Waals surface area contributed by atoms with Gasteiger partial charge in [-0.2, -0.15) is 13.2 Å². The Kier molecular flexibility index (Phi) is 6.84. The first kappa shape index (κ1) is 23.0. The first-order valence-corrected chi connectivity index (χ1v) is 9.40. The van der Waals surface area contributed by atoms with Crippen LogP contribution in [0.15, 0.2) is 32.7 Å². The number of carboxylic acid groups (broad SMARTS) is 1. The van der Waals surface area contributed by atoms with Gasteiger partial charge in [0.25, 0.3) is 5.56 Å². The van der Waals surface area contributed by atoms with E-state index in [-0.39, 0.29) is 31.5 Å². The molecular formula is C17H15ClF4N2O4S. The second kappa shape index (κ2) is 8.62. The quantitative estimate of drug-likeness (QED) is 0.532. The van der Waals surface area contributed by atoms with Gasteiger partial charge in [0.05, 0.1) is 17.1 Å². The Hall–Kier alpha value is -2.27. The summed E-state index contributed by atoms with van der Waals surface area (Å²) in [6, 6.07) is 2.06. The summed E-state index contributed by atoms with van der Waals surface area (Å²) in [6.07, 6.45) is -4.73. The fraction of sp³-hybridized carbons (Fsp3) is 0.353. The molecule has 0 aliphatic heterocycles. The summed E-state index contributed by atoms with van der Waals surface area (Å²) in [5.41, 5.74) is -4.81. The van der Waals surface area contributed by atoms with E-state index >= 15 is 0 Å². The molecule has 1 heterocycles. The molecule has 0 aliphatic carbocycles. The molecule has 0 aliphatic rings. The minimum absolute atomic E-state index is 0.0862. The molecule has 0 radical (unpaired) electrons. The van der Waals surface area contributed by atoms with Crippen LogP contribution < -0.4 is 11.2 Å². The van der Waals surface area contributed by atoms with Crippen LogP contribution in [-0.2, 0) is 18.0 Å². The summed E-state index contributed by atoms with van der Waals surface area (Å²) < 4.78 is 53.8. The van der Waals surface area contributed by atoms with Crippen LogP contribution in [0.5, 0.6) is 0 Å². The molecule has 0 bridgehead atoms. The number of hydrogen-bond acceptors (Lipinski definition) is 4. The Morgan fingerprint density at radius 2 is 1.90 bits per heavy atom. The van der Waals surface area contributed by atoms with Gasteiger partial charge in [0.1, 0.15) is 11.5 Å². The maximum absolute atomic E-state index is 14.5. The summed E-state index contributed by atoms with van der Waals surface area (Å²) in [7, 11) is 0.810. The number of alkyl halides is 3. The standard InChI is InChI=1S/C17H15ClF4N2O4S/c1-3-8(4-15(26)27)29-12-6-11(10(19)5-9(12)18)24-14(25)7-13(17(20,21)22)23(2)16(24)28/h5-8H,3-4H2,1-2H3,(H,26,27). The zero-order valence-electron chi connectivity index (χ0n) is 15.1. The molecule has 12 heteroatoms. The first-order valence-electron chi connectivity index (χ1n) is 8.15. The van der Waals surface area contributed by atoms with E-state index in [0.717, 1.165) is 30.9 Å². The average molecular weight is 455 g/mol. The summed E-state index contributed by atoms with van der Waals surface area (Å²) in [4.78, 5) is 35.7. The van der Waals surface area contributed by atoms with Gasteiger partial charge >= 0.3 is 17.8 Å². The Labute approximate surface area is 170 Å². The summed E-state index contributed by atoms with van der Waals surface area (Å²) in [6.45, 7) is 1.73. The maximum Gasteiger partial charge on any atom is 0.431 e. The fourth-order valence-corrected chi connectivity index (χ4v) is 3.93. The normalized spacial score (nSPS) is 12.8. The van der Waals surface area contributed by atoms with Gasteiger partial charge in [0.15, 0.2) is 0 Å². The van der Waals surface area contributed by atoms with E-state index in [2.05, 4.69) is 0 Å². The molecule has 1 N–H and O–H groups in total. The number of aliphatic carboxylic acids is 1. The number of thioether (sulfide) groups is 1. The third-order valence-electron chi connectivity index (χ3n) is 4.00. The SMILES string of the molecule is CCC(CC(=O)O)Sc1cc(-n2c(=O)cc(C(F)(F)F)n(C)c2=O)c(F)cc1Cl. The molecule has 0 saturated heterocycles. The molecule has 0 saturated carbocycles. The zero-order chi connectivity index (χ0) is 22.1. The van der Waals surface area contributed by atoms with E-state index in [1.54, 1.807) is 6.92 Å². The van der Waals surface area contributed by atoms with Crippen LogP contribution in [0.4, 0.5) is 17.6 Å². The minimum Gasteiger partial charge on any atom is -0.481 e. The van der Waals surface area contributed by atoms with Crippen LogP contribution in [-0.4, -0.2) is 25.5 Å². The molecule has 0 amide bonds. The first-order chi connectivity index (χ1) is 13.4. The molecule has 2 rings (SSSR count). The lowest BCUT2D eigenvalue weighted by molar-refractivity contribution is -0.144. The predicted molar refractivity (Wildman–Crippen MR) is 99.4 cm³/mol. The largest absolute Gasteiger partial charge is 0.481 e. The molecular weight excluding hydrogens is 440 g/mol. The van der Waals surface area contributed by atoms with E-state index in [0.29, 0.717) is 6.42 Å². The van der Waals surface area contributed by atoms with Crippen molar-refractivity contribution in [3.05, 3.63) is 55.6 Å². The van der Waals surface area contributed by atoms with Gasteiger partial charge in [0.2, 0.25) is 0 Å². The Morgan fingerprint density at radius 3 is 2.41 bits per heavy atom. The number of halogens is 5. The average Bonchev–Trinajstić information content (AvgIpc) is 2.59. The molecule has 1 atom stereocenters. The molecule has 6 nitrogen and oxygen atoms in total. The van der Waals surface area contributed by atoms with Crippen molar-refractivity contribution in [2.24, 2.45) is 7.05 Å². The smallest absolute Gasteiger partial charge is 0.431 e. The molecule has 0 spiro atoms. The number of hydrogen-bond donors (Lipinski definition) is 1. The maximum atomic E-state index is 14.5. The lowest BCUT2D eigenvalue weighted by atomic mass is 10.2. The molecule has 1 aromatic heterocycles. The van der Waals surface area contributed by atoms with Crippen LogP contribution in [0.3, 0.4) is 0 Å². The van der Waals surface area contributed by atoms with Crippen molar-refractivity contribution in [1.29, 1.82) is 0 Å². The van der Waals surface area contributed by atoms with Crippen LogP contribution in [0, 0.1) is 5.82 Å². The van der Waals surface area contributed by atoms with E-state index in [9.17, 15) is 31.9 Å². The van der Waals surface area contributed by atoms with Crippen molar-refractivity contribution < 1.29 is 27.5 Å². The second-order valence-electron chi connectivity index (χ2n) is 6.02. The lowest BCUT2D eigenvalue weighted by Gasteiger charge is -2.17. The Bertz CT molecular complexity index is 1070. The monoisotopic (exact) mass is 454 g/mol. The fourth-order valence-electron chi connectivity index (χ4n) is 2.54. The number of carboxylic acids is 1. The zero-order valence-corrected chi connectivity index (χ0v) is 16.7.